The SMILES string of the molecule is CC1(C(=O)O)CCN(C(=O)c2ccc(F)cc2C(F)(F)F)C1. The van der Waals surface area contributed by atoms with E-state index in [9.17, 15) is 27.2 Å². The van der Waals surface area contributed by atoms with Gasteiger partial charge in [0.25, 0.3) is 5.91 Å². The number of hydrogen-bond acceptors (Lipinski definition) is 2. The summed E-state index contributed by atoms with van der Waals surface area (Å²) >= 11 is 0. The summed E-state index contributed by atoms with van der Waals surface area (Å²) in [5.41, 5.74) is -3.22. The van der Waals surface area contributed by atoms with Gasteiger partial charge in [-0.05, 0) is 31.5 Å². The Morgan fingerprint density at radius 2 is 1.95 bits per heavy atom. The molecule has 4 nitrogen and oxygen atoms in total. The highest BCUT2D eigenvalue weighted by Crippen LogP contribution is 2.35. The number of nitrogens with zero attached hydrogens (tertiary/aromatic N) is 1. The quantitative estimate of drug-likeness (QED) is 0.853. The largest absolute Gasteiger partial charge is 0.481 e. The lowest BCUT2D eigenvalue weighted by Crippen LogP contribution is -2.35. The van der Waals surface area contributed by atoms with Gasteiger partial charge in [0, 0.05) is 13.1 Å². The van der Waals surface area contributed by atoms with E-state index in [0.717, 1.165) is 17.0 Å². The molecule has 1 aliphatic heterocycles. The zero-order chi connectivity index (χ0) is 16.7. The Bertz CT molecular complexity index is 629. The maximum atomic E-state index is 13.0. The van der Waals surface area contributed by atoms with Crippen molar-refractivity contribution < 1.29 is 32.3 Å². The molecule has 8 heteroatoms. The lowest BCUT2D eigenvalue weighted by atomic mass is 9.90. The van der Waals surface area contributed by atoms with Crippen LogP contribution in [0.3, 0.4) is 0 Å². The fraction of sp³-hybridized carbons (Fsp3) is 0.429. The van der Waals surface area contributed by atoms with Crippen LogP contribution in [0.2, 0.25) is 0 Å². The van der Waals surface area contributed by atoms with Crippen molar-refractivity contribution in [2.75, 3.05) is 13.1 Å². The molecule has 2 rings (SSSR count). The molecule has 0 radical (unpaired) electrons. The molecule has 0 bridgehead atoms. The minimum absolute atomic E-state index is 0.0380. The monoisotopic (exact) mass is 319 g/mol. The van der Waals surface area contributed by atoms with E-state index in [-0.39, 0.29) is 25.6 Å². The first-order chi connectivity index (χ1) is 10.0. The smallest absolute Gasteiger partial charge is 0.417 e. The van der Waals surface area contributed by atoms with Crippen molar-refractivity contribution in [3.05, 3.63) is 35.1 Å². The third kappa shape index (κ3) is 2.90. The molecule has 1 saturated heterocycles. The van der Waals surface area contributed by atoms with Crippen molar-refractivity contribution in [3.63, 3.8) is 0 Å². The molecule has 1 fully saturated rings. The van der Waals surface area contributed by atoms with Crippen LogP contribution in [0.4, 0.5) is 17.6 Å². The fourth-order valence-corrected chi connectivity index (χ4v) is 2.42. The summed E-state index contributed by atoms with van der Waals surface area (Å²) < 4.78 is 51.8. The average molecular weight is 319 g/mol. The highest BCUT2D eigenvalue weighted by atomic mass is 19.4. The number of alkyl halides is 3. The first-order valence-electron chi connectivity index (χ1n) is 6.44. The van der Waals surface area contributed by atoms with E-state index in [1.165, 1.54) is 6.92 Å². The van der Waals surface area contributed by atoms with Crippen LogP contribution in [0.15, 0.2) is 18.2 Å². The van der Waals surface area contributed by atoms with E-state index in [1.54, 1.807) is 0 Å². The average Bonchev–Trinajstić information content (AvgIpc) is 2.81. The molecule has 1 aromatic carbocycles. The van der Waals surface area contributed by atoms with E-state index >= 15 is 0 Å². The predicted octanol–water partition coefficient (Wildman–Crippen LogP) is 2.78. The second-order valence-corrected chi connectivity index (χ2v) is 5.53. The Morgan fingerprint density at radius 1 is 1.32 bits per heavy atom. The van der Waals surface area contributed by atoms with Crippen LogP contribution in [-0.2, 0) is 11.0 Å². The zero-order valence-corrected chi connectivity index (χ0v) is 11.6. The van der Waals surface area contributed by atoms with Crippen LogP contribution in [0.25, 0.3) is 0 Å². The maximum Gasteiger partial charge on any atom is 0.417 e. The zero-order valence-electron chi connectivity index (χ0n) is 11.6. The van der Waals surface area contributed by atoms with Gasteiger partial charge in [-0.25, -0.2) is 4.39 Å². The van der Waals surface area contributed by atoms with Crippen molar-refractivity contribution in [1.29, 1.82) is 0 Å². The molecule has 0 spiro atoms. The van der Waals surface area contributed by atoms with Gasteiger partial charge < -0.3 is 10.0 Å². The van der Waals surface area contributed by atoms with Crippen LogP contribution in [0.5, 0.6) is 0 Å². The Hall–Kier alpha value is -2.12. The Kier molecular flexibility index (Phi) is 3.88. The van der Waals surface area contributed by atoms with E-state index in [4.69, 9.17) is 5.11 Å². The number of aliphatic carboxylic acids is 1. The molecule has 1 aliphatic rings. The molecule has 1 atom stereocenters. The van der Waals surface area contributed by atoms with Crippen LogP contribution < -0.4 is 0 Å². The molecular formula is C14H13F4NO3. The van der Waals surface area contributed by atoms with E-state index in [0.29, 0.717) is 0 Å². The third-order valence-corrected chi connectivity index (χ3v) is 3.79. The van der Waals surface area contributed by atoms with E-state index in [1.807, 2.05) is 0 Å². The number of benzene rings is 1. The number of carboxylic acid groups (broad SMARTS) is 1. The number of carbonyl (C=O) groups excluding carboxylic acids is 1. The van der Waals surface area contributed by atoms with Gasteiger partial charge in [-0.1, -0.05) is 0 Å². The van der Waals surface area contributed by atoms with Gasteiger partial charge in [0.05, 0.1) is 16.5 Å². The first kappa shape index (κ1) is 16.3. The van der Waals surface area contributed by atoms with E-state index < -0.39 is 40.4 Å². The minimum Gasteiger partial charge on any atom is -0.481 e. The number of carboxylic acids is 1. The number of amides is 1. The normalized spacial score (nSPS) is 22.0. The van der Waals surface area contributed by atoms with Crippen LogP contribution >= 0.6 is 0 Å². The van der Waals surface area contributed by atoms with E-state index in [2.05, 4.69) is 0 Å². The second-order valence-electron chi connectivity index (χ2n) is 5.53. The van der Waals surface area contributed by atoms with Gasteiger partial charge in [0.2, 0.25) is 0 Å². The minimum atomic E-state index is -4.87. The van der Waals surface area contributed by atoms with Crippen molar-refractivity contribution in [2.45, 2.75) is 19.5 Å². The molecular weight excluding hydrogens is 306 g/mol. The summed E-state index contributed by atoms with van der Waals surface area (Å²) in [5, 5.41) is 9.10. The summed E-state index contributed by atoms with van der Waals surface area (Å²) in [5.74, 6) is -3.16. The summed E-state index contributed by atoms with van der Waals surface area (Å²) in [6.45, 7) is 1.28. The number of carbonyl (C=O) groups is 2. The number of hydrogen-bond donors (Lipinski definition) is 1. The fourth-order valence-electron chi connectivity index (χ4n) is 2.42. The van der Waals surface area contributed by atoms with Crippen LogP contribution in [0, 0.1) is 11.2 Å². The lowest BCUT2D eigenvalue weighted by Gasteiger charge is -2.21. The molecule has 1 aromatic rings. The number of halogens is 4. The molecule has 0 saturated carbocycles. The Morgan fingerprint density at radius 3 is 2.45 bits per heavy atom. The van der Waals surface area contributed by atoms with Crippen molar-refractivity contribution in [1.82, 2.24) is 4.90 Å². The molecule has 1 unspecified atom stereocenters. The Labute approximate surface area is 123 Å². The molecule has 22 heavy (non-hydrogen) atoms. The maximum absolute atomic E-state index is 13.0. The van der Waals surface area contributed by atoms with Gasteiger partial charge in [-0.3, -0.25) is 9.59 Å². The van der Waals surface area contributed by atoms with Crippen molar-refractivity contribution in [2.24, 2.45) is 5.41 Å². The Balaban J connectivity index is 2.34. The summed E-state index contributed by atoms with van der Waals surface area (Å²) in [6.07, 6.45) is -4.72. The third-order valence-electron chi connectivity index (χ3n) is 3.79. The molecule has 0 aliphatic carbocycles. The second kappa shape index (κ2) is 5.26. The molecule has 1 amide bonds. The summed E-state index contributed by atoms with van der Waals surface area (Å²) in [7, 11) is 0. The summed E-state index contributed by atoms with van der Waals surface area (Å²) in [6, 6.07) is 1.81. The highest BCUT2D eigenvalue weighted by molar-refractivity contribution is 5.96. The molecule has 1 heterocycles. The van der Waals surface area contributed by atoms with Crippen molar-refractivity contribution >= 4 is 11.9 Å². The molecule has 0 aromatic heterocycles. The number of likely N-dealkylation sites (tertiary alicyclic amines) is 1. The van der Waals surface area contributed by atoms with Gasteiger partial charge in [0.1, 0.15) is 5.82 Å². The van der Waals surface area contributed by atoms with Crippen LogP contribution in [-0.4, -0.2) is 35.0 Å². The topological polar surface area (TPSA) is 57.6 Å². The van der Waals surface area contributed by atoms with Crippen molar-refractivity contribution in [3.8, 4) is 0 Å². The first-order valence-corrected chi connectivity index (χ1v) is 6.44. The molecule has 120 valence electrons. The highest BCUT2D eigenvalue weighted by Gasteiger charge is 2.44. The lowest BCUT2D eigenvalue weighted by molar-refractivity contribution is -0.147. The predicted molar refractivity (Wildman–Crippen MR) is 67.7 cm³/mol. The van der Waals surface area contributed by atoms with Gasteiger partial charge in [-0.15, -0.1) is 0 Å². The van der Waals surface area contributed by atoms with Gasteiger partial charge in [0.15, 0.2) is 0 Å². The standard InChI is InChI=1S/C14H13F4NO3/c1-13(12(21)22)4-5-19(7-13)11(20)9-3-2-8(15)6-10(9)14(16,17)18/h2-3,6H,4-5,7H2,1H3,(H,21,22). The summed E-state index contributed by atoms with van der Waals surface area (Å²) in [4.78, 5) is 24.4. The van der Waals surface area contributed by atoms with Gasteiger partial charge in [-0.2, -0.15) is 13.2 Å². The van der Waals surface area contributed by atoms with Gasteiger partial charge >= 0.3 is 12.1 Å². The number of rotatable bonds is 2. The molecule has 1 N–H and O–H groups in total. The van der Waals surface area contributed by atoms with Crippen LogP contribution in [0.1, 0.15) is 29.3 Å².